The van der Waals surface area contributed by atoms with E-state index in [1.807, 2.05) is 0 Å². The van der Waals surface area contributed by atoms with E-state index in [0.717, 1.165) is 18.9 Å². The molecule has 2 rings (SSSR count). The van der Waals surface area contributed by atoms with Crippen molar-refractivity contribution in [2.75, 3.05) is 24.5 Å². The van der Waals surface area contributed by atoms with Gasteiger partial charge in [0.25, 0.3) is 0 Å². The Kier molecular flexibility index (Phi) is 5.84. The summed E-state index contributed by atoms with van der Waals surface area (Å²) in [5.41, 5.74) is 2.46. The summed E-state index contributed by atoms with van der Waals surface area (Å²) in [5.74, 6) is 0.855. The smallest absolute Gasteiger partial charge is 0.0574 e. The number of pyridine rings is 1. The fourth-order valence-corrected chi connectivity index (χ4v) is 3.13. The van der Waals surface area contributed by atoms with Crippen molar-refractivity contribution in [2.24, 2.45) is 5.92 Å². The molecule has 1 N–H and O–H groups in total. The molecule has 1 fully saturated rings. The second-order valence-corrected chi connectivity index (χ2v) is 5.82. The van der Waals surface area contributed by atoms with Crippen LogP contribution >= 0.6 is 0 Å². The third-order valence-corrected chi connectivity index (χ3v) is 4.45. The third kappa shape index (κ3) is 3.72. The van der Waals surface area contributed by atoms with Crippen LogP contribution < -0.4 is 10.2 Å². The van der Waals surface area contributed by atoms with Crippen molar-refractivity contribution >= 4 is 5.69 Å². The Balaban J connectivity index is 2.03. The third-order valence-electron chi connectivity index (χ3n) is 4.45. The fraction of sp³-hybridized carbons (Fsp3) is 0.706. The molecule has 1 aliphatic heterocycles. The maximum absolute atomic E-state index is 4.69. The molecule has 0 spiro atoms. The summed E-state index contributed by atoms with van der Waals surface area (Å²) in [6.07, 6.45) is 7.14. The van der Waals surface area contributed by atoms with Crippen molar-refractivity contribution in [2.45, 2.75) is 52.5 Å². The minimum atomic E-state index is 0.388. The minimum absolute atomic E-state index is 0.388. The molecule has 1 aromatic rings. The molecule has 0 amide bonds. The molecule has 112 valence electrons. The lowest BCUT2D eigenvalue weighted by Crippen LogP contribution is -2.35. The first-order chi connectivity index (χ1) is 9.78. The SMILES string of the molecule is CCNC(CC)c1ccc(N2CCCC(CC)C2)cn1. The largest absolute Gasteiger partial charge is 0.370 e. The molecule has 1 saturated heterocycles. The highest BCUT2D eigenvalue weighted by Gasteiger charge is 2.19. The van der Waals surface area contributed by atoms with Gasteiger partial charge in [0, 0.05) is 19.1 Å². The highest BCUT2D eigenvalue weighted by Crippen LogP contribution is 2.25. The highest BCUT2D eigenvalue weighted by molar-refractivity contribution is 5.45. The summed E-state index contributed by atoms with van der Waals surface area (Å²) in [7, 11) is 0. The molecule has 0 radical (unpaired) electrons. The number of rotatable bonds is 6. The van der Waals surface area contributed by atoms with Crippen molar-refractivity contribution in [1.29, 1.82) is 0 Å². The number of nitrogens with one attached hydrogen (secondary N) is 1. The first kappa shape index (κ1) is 15.3. The second-order valence-electron chi connectivity index (χ2n) is 5.82. The van der Waals surface area contributed by atoms with Crippen LogP contribution in [0.5, 0.6) is 0 Å². The van der Waals surface area contributed by atoms with Crippen LogP contribution in [-0.2, 0) is 0 Å². The molecular weight excluding hydrogens is 246 g/mol. The summed E-state index contributed by atoms with van der Waals surface area (Å²) in [6.45, 7) is 10.0. The van der Waals surface area contributed by atoms with Gasteiger partial charge in [0.05, 0.1) is 17.6 Å². The first-order valence-electron chi connectivity index (χ1n) is 8.22. The molecule has 2 atom stereocenters. The lowest BCUT2D eigenvalue weighted by molar-refractivity contribution is 0.404. The molecule has 0 aromatic carbocycles. The van der Waals surface area contributed by atoms with Gasteiger partial charge in [-0.05, 0) is 43.9 Å². The van der Waals surface area contributed by atoms with Gasteiger partial charge >= 0.3 is 0 Å². The zero-order chi connectivity index (χ0) is 14.4. The van der Waals surface area contributed by atoms with Gasteiger partial charge in [-0.25, -0.2) is 0 Å². The van der Waals surface area contributed by atoms with Gasteiger partial charge in [-0.3, -0.25) is 4.98 Å². The van der Waals surface area contributed by atoms with E-state index in [1.165, 1.54) is 43.7 Å². The second kappa shape index (κ2) is 7.63. The number of nitrogens with zero attached hydrogens (tertiary/aromatic N) is 2. The molecule has 3 heteroatoms. The van der Waals surface area contributed by atoms with Gasteiger partial charge in [0.1, 0.15) is 0 Å². The van der Waals surface area contributed by atoms with E-state index < -0.39 is 0 Å². The van der Waals surface area contributed by atoms with Gasteiger partial charge < -0.3 is 10.2 Å². The van der Waals surface area contributed by atoms with Gasteiger partial charge in [-0.15, -0.1) is 0 Å². The predicted molar refractivity (Wildman–Crippen MR) is 86.2 cm³/mol. The van der Waals surface area contributed by atoms with Crippen LogP contribution in [0.15, 0.2) is 18.3 Å². The van der Waals surface area contributed by atoms with Crippen molar-refractivity contribution in [3.63, 3.8) is 0 Å². The molecule has 3 nitrogen and oxygen atoms in total. The Morgan fingerprint density at radius 2 is 2.20 bits per heavy atom. The van der Waals surface area contributed by atoms with Gasteiger partial charge in [0.2, 0.25) is 0 Å². The predicted octanol–water partition coefficient (Wildman–Crippen LogP) is 3.77. The Morgan fingerprint density at radius 3 is 2.80 bits per heavy atom. The molecule has 0 bridgehead atoms. The Morgan fingerprint density at radius 1 is 1.35 bits per heavy atom. The maximum atomic E-state index is 4.69. The number of piperidine rings is 1. The van der Waals surface area contributed by atoms with E-state index in [4.69, 9.17) is 4.98 Å². The van der Waals surface area contributed by atoms with E-state index in [9.17, 15) is 0 Å². The zero-order valence-corrected chi connectivity index (χ0v) is 13.2. The molecule has 1 aliphatic rings. The van der Waals surface area contributed by atoms with Crippen LogP contribution in [0.2, 0.25) is 0 Å². The van der Waals surface area contributed by atoms with Gasteiger partial charge in [0.15, 0.2) is 0 Å². The summed E-state index contributed by atoms with van der Waals surface area (Å²) >= 11 is 0. The van der Waals surface area contributed by atoms with Crippen LogP contribution in [0.4, 0.5) is 5.69 Å². The van der Waals surface area contributed by atoms with E-state index in [2.05, 4.69) is 49.3 Å². The van der Waals surface area contributed by atoms with E-state index >= 15 is 0 Å². The van der Waals surface area contributed by atoms with E-state index in [0.29, 0.717) is 6.04 Å². The van der Waals surface area contributed by atoms with Gasteiger partial charge in [-0.1, -0.05) is 27.2 Å². The van der Waals surface area contributed by atoms with Crippen LogP contribution in [0.25, 0.3) is 0 Å². The monoisotopic (exact) mass is 275 g/mol. The minimum Gasteiger partial charge on any atom is -0.370 e. The lowest BCUT2D eigenvalue weighted by atomic mass is 9.95. The van der Waals surface area contributed by atoms with Gasteiger partial charge in [-0.2, -0.15) is 0 Å². The molecule has 1 aromatic heterocycles. The average Bonchev–Trinajstić information content (AvgIpc) is 2.53. The lowest BCUT2D eigenvalue weighted by Gasteiger charge is -2.34. The fourth-order valence-electron chi connectivity index (χ4n) is 3.13. The number of aromatic nitrogens is 1. The Hall–Kier alpha value is -1.09. The normalized spacial score (nSPS) is 20.9. The zero-order valence-electron chi connectivity index (χ0n) is 13.2. The highest BCUT2D eigenvalue weighted by atomic mass is 15.1. The Bertz CT molecular complexity index is 388. The summed E-state index contributed by atoms with van der Waals surface area (Å²) in [5, 5.41) is 3.49. The molecule has 2 heterocycles. The van der Waals surface area contributed by atoms with Crippen LogP contribution in [0.3, 0.4) is 0 Å². The van der Waals surface area contributed by atoms with Crippen molar-refractivity contribution in [3.05, 3.63) is 24.0 Å². The van der Waals surface area contributed by atoms with Crippen LogP contribution in [-0.4, -0.2) is 24.6 Å². The summed E-state index contributed by atoms with van der Waals surface area (Å²) < 4.78 is 0. The summed E-state index contributed by atoms with van der Waals surface area (Å²) in [4.78, 5) is 7.19. The van der Waals surface area contributed by atoms with Crippen LogP contribution in [0, 0.1) is 5.92 Å². The average molecular weight is 275 g/mol. The maximum Gasteiger partial charge on any atom is 0.0574 e. The van der Waals surface area contributed by atoms with E-state index in [1.54, 1.807) is 0 Å². The van der Waals surface area contributed by atoms with Crippen LogP contribution in [0.1, 0.15) is 58.2 Å². The van der Waals surface area contributed by atoms with E-state index in [-0.39, 0.29) is 0 Å². The molecule has 20 heavy (non-hydrogen) atoms. The molecular formula is C17H29N3. The molecule has 0 aliphatic carbocycles. The number of hydrogen-bond donors (Lipinski definition) is 1. The summed E-state index contributed by atoms with van der Waals surface area (Å²) in [6, 6.07) is 4.83. The number of anilines is 1. The first-order valence-corrected chi connectivity index (χ1v) is 8.22. The molecule has 2 unspecified atom stereocenters. The molecule has 0 saturated carbocycles. The van der Waals surface area contributed by atoms with Crippen molar-refractivity contribution in [3.8, 4) is 0 Å². The quantitative estimate of drug-likeness (QED) is 0.856. The van der Waals surface area contributed by atoms with Crippen molar-refractivity contribution in [1.82, 2.24) is 10.3 Å². The Labute approximate surface area is 123 Å². The standard InChI is InChI=1S/C17H29N3/c1-4-14-8-7-11-20(13-14)15-9-10-17(19-12-15)16(5-2)18-6-3/h9-10,12,14,16,18H,4-8,11,13H2,1-3H3. The number of hydrogen-bond acceptors (Lipinski definition) is 3. The van der Waals surface area contributed by atoms with Crippen molar-refractivity contribution < 1.29 is 0 Å². The topological polar surface area (TPSA) is 28.2 Å².